The minimum atomic E-state index is 0.685. The van der Waals surface area contributed by atoms with Crippen LogP contribution in [0.15, 0.2) is 107 Å². The van der Waals surface area contributed by atoms with Crippen LogP contribution < -0.4 is 10.7 Å². The van der Waals surface area contributed by atoms with Gasteiger partial charge >= 0.3 is 0 Å². The van der Waals surface area contributed by atoms with Crippen molar-refractivity contribution in [2.75, 3.05) is 5.32 Å². The maximum Gasteiger partial charge on any atom is 0.155 e. The summed E-state index contributed by atoms with van der Waals surface area (Å²) >= 11 is 0. The van der Waals surface area contributed by atoms with Crippen molar-refractivity contribution in [2.24, 2.45) is 4.99 Å². The lowest BCUT2D eigenvalue weighted by atomic mass is 10.0. The lowest BCUT2D eigenvalue weighted by molar-refractivity contribution is 0.614. The van der Waals surface area contributed by atoms with Gasteiger partial charge in [-0.05, 0) is 36.4 Å². The fraction of sp³-hybridized carbons (Fsp3) is 0. The van der Waals surface area contributed by atoms with Crippen molar-refractivity contribution in [2.45, 2.75) is 0 Å². The average molecular weight is 415 g/mol. The number of hydrogen-bond acceptors (Lipinski definition) is 6. The Labute approximate surface area is 183 Å². The molecule has 6 rings (SSSR count). The summed E-state index contributed by atoms with van der Waals surface area (Å²) in [6.45, 7) is 0. The smallest absolute Gasteiger partial charge is 0.155 e. The number of benzene rings is 3. The largest absolute Gasteiger partial charge is 0.453 e. The van der Waals surface area contributed by atoms with Gasteiger partial charge in [-0.3, -0.25) is 9.97 Å². The minimum Gasteiger partial charge on any atom is -0.453 e. The van der Waals surface area contributed by atoms with E-state index in [1.807, 2.05) is 60.7 Å². The molecule has 0 unspecified atom stereocenters. The van der Waals surface area contributed by atoms with Crippen LogP contribution in [0.25, 0.3) is 33.3 Å². The lowest BCUT2D eigenvalue weighted by Crippen LogP contribution is -2.06. The van der Waals surface area contributed by atoms with Crippen LogP contribution >= 0.6 is 0 Å². The van der Waals surface area contributed by atoms with E-state index in [0.29, 0.717) is 11.3 Å². The first kappa shape index (κ1) is 18.2. The monoisotopic (exact) mass is 415 g/mol. The molecule has 0 saturated carbocycles. The predicted octanol–water partition coefficient (Wildman–Crippen LogP) is 5.85. The number of hydrogen-bond donors (Lipinski definition) is 1. The van der Waals surface area contributed by atoms with Crippen molar-refractivity contribution in [3.8, 4) is 11.5 Å². The van der Waals surface area contributed by atoms with Crippen molar-refractivity contribution < 1.29 is 4.42 Å². The van der Waals surface area contributed by atoms with Crippen LogP contribution in [0.3, 0.4) is 0 Å². The number of fused-ring (bicyclic) bond motifs is 4. The highest BCUT2D eigenvalue weighted by Gasteiger charge is 2.15. The molecule has 1 N–H and O–H groups in total. The average Bonchev–Trinajstić information content (AvgIpc) is 2.84. The molecule has 3 heterocycles. The summed E-state index contributed by atoms with van der Waals surface area (Å²) in [5, 5.41) is 6.22. The van der Waals surface area contributed by atoms with Gasteiger partial charge < -0.3 is 9.73 Å². The molecule has 1 aliphatic carbocycles. The Bertz CT molecular complexity index is 1590. The summed E-state index contributed by atoms with van der Waals surface area (Å²) in [6, 6.07) is 23.6. The Balaban J connectivity index is 1.56. The maximum atomic E-state index is 6.32. The fourth-order valence-electron chi connectivity index (χ4n) is 3.77. The van der Waals surface area contributed by atoms with Gasteiger partial charge in [0.25, 0.3) is 0 Å². The van der Waals surface area contributed by atoms with Gasteiger partial charge in [0.2, 0.25) is 0 Å². The van der Waals surface area contributed by atoms with Gasteiger partial charge in [0.1, 0.15) is 11.2 Å². The number of nitrogens with zero attached hydrogens (tertiary/aromatic N) is 4. The molecule has 0 bridgehead atoms. The molecule has 2 aliphatic rings. The van der Waals surface area contributed by atoms with Crippen LogP contribution in [0.5, 0.6) is 0 Å². The van der Waals surface area contributed by atoms with Gasteiger partial charge in [0.15, 0.2) is 11.3 Å². The van der Waals surface area contributed by atoms with Crippen molar-refractivity contribution in [1.82, 2.24) is 15.0 Å². The quantitative estimate of drug-likeness (QED) is 0.290. The van der Waals surface area contributed by atoms with E-state index in [1.54, 1.807) is 24.8 Å². The molecule has 2 aromatic carbocycles. The third kappa shape index (κ3) is 3.33. The Hall–Kier alpha value is -4.58. The SMILES string of the molecule is c1ccc2c(=Nc3ccncc3)cc3oc4cc(Nc5ccncc5)ccc4nc-3c2c1. The Kier molecular flexibility index (Phi) is 4.32. The van der Waals surface area contributed by atoms with Crippen molar-refractivity contribution in [3.63, 3.8) is 0 Å². The number of nitrogens with one attached hydrogen (secondary N) is 1. The number of pyridine rings is 2. The highest BCUT2D eigenvalue weighted by molar-refractivity contribution is 5.96. The van der Waals surface area contributed by atoms with Gasteiger partial charge in [-0.15, -0.1) is 0 Å². The molecule has 0 fully saturated rings. The van der Waals surface area contributed by atoms with Crippen LogP contribution in [0.4, 0.5) is 17.1 Å². The summed E-state index contributed by atoms with van der Waals surface area (Å²) in [5.41, 5.74) is 5.01. The molecule has 6 heteroatoms. The Morgan fingerprint density at radius 2 is 1.47 bits per heavy atom. The van der Waals surface area contributed by atoms with Crippen LogP contribution in [-0.4, -0.2) is 15.0 Å². The van der Waals surface area contributed by atoms with E-state index in [2.05, 4.69) is 27.4 Å². The van der Waals surface area contributed by atoms with Crippen molar-refractivity contribution in [3.05, 3.63) is 103 Å². The van der Waals surface area contributed by atoms with E-state index in [9.17, 15) is 0 Å². The van der Waals surface area contributed by atoms with Crippen molar-refractivity contribution >= 4 is 38.9 Å². The minimum absolute atomic E-state index is 0.685. The third-order valence-corrected chi connectivity index (χ3v) is 5.25. The molecule has 152 valence electrons. The maximum absolute atomic E-state index is 6.32. The molecule has 0 spiro atoms. The van der Waals surface area contributed by atoms with Gasteiger partial charge in [-0.25, -0.2) is 9.98 Å². The van der Waals surface area contributed by atoms with Gasteiger partial charge in [-0.2, -0.15) is 0 Å². The van der Waals surface area contributed by atoms with E-state index in [0.717, 1.165) is 44.4 Å². The Morgan fingerprint density at radius 1 is 0.719 bits per heavy atom. The molecule has 0 atom stereocenters. The van der Waals surface area contributed by atoms with Crippen LogP contribution in [0.2, 0.25) is 0 Å². The topological polar surface area (TPSA) is 76.2 Å². The van der Waals surface area contributed by atoms with Crippen LogP contribution in [0, 0.1) is 0 Å². The van der Waals surface area contributed by atoms with E-state index >= 15 is 0 Å². The third-order valence-electron chi connectivity index (χ3n) is 5.25. The summed E-state index contributed by atoms with van der Waals surface area (Å²) in [4.78, 5) is 17.9. The molecule has 2 aromatic heterocycles. The second-order valence-corrected chi connectivity index (χ2v) is 7.36. The molecule has 0 saturated heterocycles. The first-order chi connectivity index (χ1) is 15.8. The van der Waals surface area contributed by atoms with E-state index < -0.39 is 0 Å². The van der Waals surface area contributed by atoms with Crippen LogP contribution in [0.1, 0.15) is 0 Å². The standard InChI is InChI=1S/C26H17N5O/c1-2-4-21-20(3-1)23(30-18-9-13-28-14-10-18)16-25-26(21)31-22-6-5-19(15-24(22)32-25)29-17-7-11-27-12-8-17/h1-16H,(H,27,29). The second kappa shape index (κ2) is 7.59. The number of rotatable bonds is 3. The summed E-state index contributed by atoms with van der Waals surface area (Å²) in [7, 11) is 0. The number of aromatic nitrogens is 3. The molecular weight excluding hydrogens is 398 g/mol. The van der Waals surface area contributed by atoms with Gasteiger partial charge in [0.05, 0.1) is 11.0 Å². The molecule has 1 aliphatic heterocycles. The fourth-order valence-corrected chi connectivity index (χ4v) is 3.77. The normalized spacial score (nSPS) is 11.9. The van der Waals surface area contributed by atoms with Gasteiger partial charge in [0, 0.05) is 59.1 Å². The predicted molar refractivity (Wildman–Crippen MR) is 125 cm³/mol. The van der Waals surface area contributed by atoms with Crippen molar-refractivity contribution in [1.29, 1.82) is 0 Å². The molecule has 0 radical (unpaired) electrons. The molecular formula is C26H17N5O. The second-order valence-electron chi connectivity index (χ2n) is 7.36. The molecule has 4 aromatic rings. The first-order valence-electron chi connectivity index (χ1n) is 10.2. The first-order valence-corrected chi connectivity index (χ1v) is 10.2. The lowest BCUT2D eigenvalue weighted by Gasteiger charge is -2.12. The summed E-state index contributed by atoms with van der Waals surface area (Å²) < 4.78 is 6.32. The molecule has 6 nitrogen and oxygen atoms in total. The highest BCUT2D eigenvalue weighted by atomic mass is 16.3. The van der Waals surface area contributed by atoms with E-state index in [1.165, 1.54) is 0 Å². The van der Waals surface area contributed by atoms with Gasteiger partial charge in [-0.1, -0.05) is 24.3 Å². The highest BCUT2D eigenvalue weighted by Crippen LogP contribution is 2.31. The summed E-state index contributed by atoms with van der Waals surface area (Å²) in [6.07, 6.45) is 6.97. The summed E-state index contributed by atoms with van der Waals surface area (Å²) in [5.74, 6) is 0.685. The molecule has 0 amide bonds. The molecule has 32 heavy (non-hydrogen) atoms. The van der Waals surface area contributed by atoms with Crippen LogP contribution in [-0.2, 0) is 0 Å². The zero-order valence-corrected chi connectivity index (χ0v) is 16.9. The zero-order valence-electron chi connectivity index (χ0n) is 16.9. The Morgan fingerprint density at radius 3 is 2.28 bits per heavy atom. The zero-order chi connectivity index (χ0) is 21.3. The number of anilines is 2. The van der Waals surface area contributed by atoms with E-state index in [-0.39, 0.29) is 0 Å². The van der Waals surface area contributed by atoms with E-state index in [4.69, 9.17) is 14.4 Å².